The van der Waals surface area contributed by atoms with Gasteiger partial charge in [0.1, 0.15) is 0 Å². The molecule has 2 nitrogen and oxygen atoms in total. The van der Waals surface area contributed by atoms with Gasteiger partial charge in [-0.2, -0.15) is 0 Å². The highest BCUT2D eigenvalue weighted by atomic mass is 79.9. The first-order valence-electron chi connectivity index (χ1n) is 5.74. The van der Waals surface area contributed by atoms with E-state index in [0.29, 0.717) is 0 Å². The van der Waals surface area contributed by atoms with E-state index in [1.54, 1.807) is 0 Å². The number of carbonyl (C=O) groups is 1. The second kappa shape index (κ2) is 4.15. The lowest BCUT2D eigenvalue weighted by Gasteiger charge is -2.09. The number of halogens is 1. The van der Waals surface area contributed by atoms with Gasteiger partial charge in [0.2, 0.25) is 5.91 Å². The lowest BCUT2D eigenvalue weighted by atomic mass is 10.1. The van der Waals surface area contributed by atoms with Crippen molar-refractivity contribution in [3.8, 4) is 0 Å². The quantitative estimate of drug-likeness (QED) is 0.891. The van der Waals surface area contributed by atoms with E-state index in [0.717, 1.165) is 33.8 Å². The van der Waals surface area contributed by atoms with Crippen molar-refractivity contribution in [3.05, 3.63) is 40.9 Å². The summed E-state index contributed by atoms with van der Waals surface area (Å²) >= 11 is 3.53. The summed E-state index contributed by atoms with van der Waals surface area (Å²) < 4.78 is 1.05. The summed E-state index contributed by atoms with van der Waals surface area (Å²) in [5.74, 6) is 0.384. The number of fused-ring (bicyclic) bond motifs is 1. The number of amides is 1. The van der Waals surface area contributed by atoms with Gasteiger partial charge in [-0.1, -0.05) is 40.2 Å². The molecule has 1 fully saturated rings. The number of hydrogen-bond acceptors (Lipinski definition) is 1. The topological polar surface area (TPSA) is 29.1 Å². The highest BCUT2D eigenvalue weighted by Crippen LogP contribution is 2.33. The maximum atomic E-state index is 11.8. The normalized spacial score (nSPS) is 14.9. The molecular formula is C14H12BrNO. The molecule has 86 valence electrons. The summed E-state index contributed by atoms with van der Waals surface area (Å²) in [6.07, 6.45) is 2.06. The standard InChI is InChI=1S/C14H12BrNO/c15-12-7-8-13(16-14(17)9-5-6-9)11-4-2-1-3-10(11)12/h1-4,7-9H,5-6H2,(H,16,17). The SMILES string of the molecule is O=C(Nc1ccc(Br)c2ccccc12)C1CC1. The van der Waals surface area contributed by atoms with Crippen LogP contribution in [0.25, 0.3) is 10.8 Å². The molecule has 1 amide bonds. The van der Waals surface area contributed by atoms with Gasteiger partial charge in [-0.05, 0) is 30.4 Å². The minimum atomic E-state index is 0.150. The van der Waals surface area contributed by atoms with Crippen LogP contribution in [-0.4, -0.2) is 5.91 Å². The van der Waals surface area contributed by atoms with E-state index in [1.165, 1.54) is 0 Å². The molecule has 0 bridgehead atoms. The Hall–Kier alpha value is -1.35. The highest BCUT2D eigenvalue weighted by molar-refractivity contribution is 9.10. The largest absolute Gasteiger partial charge is 0.325 e. The smallest absolute Gasteiger partial charge is 0.227 e. The first-order valence-corrected chi connectivity index (χ1v) is 6.53. The molecule has 0 radical (unpaired) electrons. The number of nitrogens with one attached hydrogen (secondary N) is 1. The average molecular weight is 290 g/mol. The molecule has 0 unspecified atom stereocenters. The van der Waals surface area contributed by atoms with Crippen molar-refractivity contribution in [2.75, 3.05) is 5.32 Å². The summed E-state index contributed by atoms with van der Waals surface area (Å²) in [5.41, 5.74) is 0.903. The maximum Gasteiger partial charge on any atom is 0.227 e. The molecule has 0 aromatic heterocycles. The van der Waals surface area contributed by atoms with Gasteiger partial charge in [0.15, 0.2) is 0 Å². The molecule has 0 atom stereocenters. The van der Waals surface area contributed by atoms with Gasteiger partial charge < -0.3 is 5.32 Å². The summed E-state index contributed by atoms with van der Waals surface area (Å²) in [5, 5.41) is 5.22. The summed E-state index contributed by atoms with van der Waals surface area (Å²) in [4.78, 5) is 11.8. The highest BCUT2D eigenvalue weighted by Gasteiger charge is 2.29. The van der Waals surface area contributed by atoms with Crippen LogP contribution in [0.5, 0.6) is 0 Å². The van der Waals surface area contributed by atoms with E-state index >= 15 is 0 Å². The molecular weight excluding hydrogens is 278 g/mol. The Bertz CT molecular complexity index is 590. The lowest BCUT2D eigenvalue weighted by Crippen LogP contribution is -2.13. The van der Waals surface area contributed by atoms with Crippen LogP contribution in [0.1, 0.15) is 12.8 Å². The van der Waals surface area contributed by atoms with Crippen molar-refractivity contribution >= 4 is 38.3 Å². The number of benzene rings is 2. The first kappa shape index (κ1) is 10.8. The van der Waals surface area contributed by atoms with E-state index in [2.05, 4.69) is 21.2 Å². The van der Waals surface area contributed by atoms with E-state index in [9.17, 15) is 4.79 Å². The van der Waals surface area contributed by atoms with E-state index in [4.69, 9.17) is 0 Å². The summed E-state index contributed by atoms with van der Waals surface area (Å²) in [6.45, 7) is 0. The van der Waals surface area contributed by atoms with Gasteiger partial charge in [0.05, 0.1) is 0 Å². The van der Waals surface area contributed by atoms with Crippen LogP contribution in [0, 0.1) is 5.92 Å². The van der Waals surface area contributed by atoms with Crippen molar-refractivity contribution in [1.82, 2.24) is 0 Å². The van der Waals surface area contributed by atoms with E-state index in [1.807, 2.05) is 36.4 Å². The number of hydrogen-bond donors (Lipinski definition) is 1. The van der Waals surface area contributed by atoms with Crippen LogP contribution < -0.4 is 5.32 Å². The van der Waals surface area contributed by atoms with Crippen LogP contribution in [-0.2, 0) is 4.79 Å². The number of rotatable bonds is 2. The van der Waals surface area contributed by atoms with E-state index < -0.39 is 0 Å². The molecule has 17 heavy (non-hydrogen) atoms. The third-order valence-corrected chi connectivity index (χ3v) is 3.77. The molecule has 1 saturated carbocycles. The number of carbonyl (C=O) groups excluding carboxylic acids is 1. The van der Waals surface area contributed by atoms with Gasteiger partial charge in [0.25, 0.3) is 0 Å². The van der Waals surface area contributed by atoms with Crippen LogP contribution in [0.15, 0.2) is 40.9 Å². The summed E-state index contributed by atoms with van der Waals surface area (Å²) in [7, 11) is 0. The molecule has 2 aromatic rings. The van der Waals surface area contributed by atoms with Gasteiger partial charge in [-0.3, -0.25) is 4.79 Å². The fourth-order valence-electron chi connectivity index (χ4n) is 1.95. The Labute approximate surface area is 108 Å². The van der Waals surface area contributed by atoms with Gasteiger partial charge in [-0.25, -0.2) is 0 Å². The van der Waals surface area contributed by atoms with Crippen LogP contribution in [0.2, 0.25) is 0 Å². The van der Waals surface area contributed by atoms with Crippen LogP contribution >= 0.6 is 15.9 Å². The lowest BCUT2D eigenvalue weighted by molar-refractivity contribution is -0.117. The third-order valence-electron chi connectivity index (χ3n) is 3.08. The van der Waals surface area contributed by atoms with Crippen molar-refractivity contribution in [1.29, 1.82) is 0 Å². The van der Waals surface area contributed by atoms with Gasteiger partial charge in [-0.15, -0.1) is 0 Å². The zero-order chi connectivity index (χ0) is 11.8. The minimum Gasteiger partial charge on any atom is -0.325 e. The van der Waals surface area contributed by atoms with Crippen LogP contribution in [0.3, 0.4) is 0 Å². The number of anilines is 1. The van der Waals surface area contributed by atoms with E-state index in [-0.39, 0.29) is 11.8 Å². The Morgan fingerprint density at radius 2 is 1.82 bits per heavy atom. The fraction of sp³-hybridized carbons (Fsp3) is 0.214. The maximum absolute atomic E-state index is 11.8. The molecule has 3 heteroatoms. The van der Waals surface area contributed by atoms with Gasteiger partial charge in [0, 0.05) is 21.5 Å². The second-order valence-corrected chi connectivity index (χ2v) is 5.26. The molecule has 2 aromatic carbocycles. The Morgan fingerprint density at radius 1 is 1.12 bits per heavy atom. The second-order valence-electron chi connectivity index (χ2n) is 4.40. The zero-order valence-corrected chi connectivity index (χ0v) is 10.8. The van der Waals surface area contributed by atoms with Crippen LogP contribution in [0.4, 0.5) is 5.69 Å². The Balaban J connectivity index is 2.03. The first-order chi connectivity index (χ1) is 8.25. The third kappa shape index (κ3) is 2.07. The molecule has 0 heterocycles. The molecule has 1 N–H and O–H groups in total. The zero-order valence-electron chi connectivity index (χ0n) is 9.24. The average Bonchev–Trinajstić information content (AvgIpc) is 3.17. The van der Waals surface area contributed by atoms with Crippen molar-refractivity contribution < 1.29 is 4.79 Å². The van der Waals surface area contributed by atoms with Crippen molar-refractivity contribution in [3.63, 3.8) is 0 Å². The summed E-state index contributed by atoms with van der Waals surface area (Å²) in [6, 6.07) is 12.0. The monoisotopic (exact) mass is 289 g/mol. The van der Waals surface area contributed by atoms with Crippen molar-refractivity contribution in [2.24, 2.45) is 5.92 Å². The molecule has 1 aliphatic rings. The predicted molar refractivity (Wildman–Crippen MR) is 73.0 cm³/mol. The minimum absolute atomic E-state index is 0.150. The predicted octanol–water partition coefficient (Wildman–Crippen LogP) is 3.95. The Morgan fingerprint density at radius 3 is 2.53 bits per heavy atom. The molecule has 0 saturated heterocycles. The van der Waals surface area contributed by atoms with Gasteiger partial charge >= 0.3 is 0 Å². The molecule has 3 rings (SSSR count). The van der Waals surface area contributed by atoms with Crippen molar-refractivity contribution in [2.45, 2.75) is 12.8 Å². The molecule has 1 aliphatic carbocycles. The molecule has 0 aliphatic heterocycles. The Kier molecular flexibility index (Phi) is 2.63. The molecule has 0 spiro atoms. The fourth-order valence-corrected chi connectivity index (χ4v) is 2.43.